The fraction of sp³-hybridized carbons (Fsp3) is 0. The lowest BCUT2D eigenvalue weighted by molar-refractivity contribution is 0.0697. The highest BCUT2D eigenvalue weighted by atomic mass is 32.1. The molecular formula is C16H10N2O2S. The number of carboxylic acids is 1. The first-order chi connectivity index (χ1) is 10.2. The minimum Gasteiger partial charge on any atom is -0.478 e. The molecule has 0 spiro atoms. The maximum absolute atomic E-state index is 11.1. The summed E-state index contributed by atoms with van der Waals surface area (Å²) in [7, 11) is 0. The average Bonchev–Trinajstić information content (AvgIpc) is 3.09. The predicted octanol–water partition coefficient (Wildman–Crippen LogP) is 4.14. The number of hydrogen-bond acceptors (Lipinski definition) is 3. The molecule has 102 valence electrons. The molecule has 0 aliphatic rings. The number of nitrogens with one attached hydrogen (secondary N) is 1. The molecular weight excluding hydrogens is 284 g/mol. The molecule has 4 aromatic rings. The predicted molar refractivity (Wildman–Crippen MR) is 83.9 cm³/mol. The number of thiophene rings is 1. The van der Waals surface area contributed by atoms with Gasteiger partial charge in [-0.15, -0.1) is 11.3 Å². The van der Waals surface area contributed by atoms with Crippen LogP contribution in [0.15, 0.2) is 48.5 Å². The second-order valence-corrected chi connectivity index (χ2v) is 5.87. The van der Waals surface area contributed by atoms with E-state index in [-0.39, 0.29) is 5.56 Å². The van der Waals surface area contributed by atoms with Crippen molar-refractivity contribution in [3.05, 3.63) is 54.1 Å². The van der Waals surface area contributed by atoms with E-state index in [9.17, 15) is 4.79 Å². The van der Waals surface area contributed by atoms with Gasteiger partial charge in [0.2, 0.25) is 0 Å². The number of nitrogens with zero attached hydrogens (tertiary/aromatic N) is 1. The lowest BCUT2D eigenvalue weighted by Gasteiger charge is -1.96. The van der Waals surface area contributed by atoms with Gasteiger partial charge in [-0.1, -0.05) is 18.2 Å². The second kappa shape index (κ2) is 4.43. The topological polar surface area (TPSA) is 66.0 Å². The Hall–Kier alpha value is -2.66. The van der Waals surface area contributed by atoms with Crippen LogP contribution in [0.2, 0.25) is 0 Å². The van der Waals surface area contributed by atoms with Crippen LogP contribution in [0, 0.1) is 0 Å². The van der Waals surface area contributed by atoms with Gasteiger partial charge in [0.05, 0.1) is 16.0 Å². The maximum Gasteiger partial charge on any atom is 0.335 e. The summed E-state index contributed by atoms with van der Waals surface area (Å²) in [6, 6.07) is 15.2. The van der Waals surface area contributed by atoms with Crippen LogP contribution in [0.4, 0.5) is 0 Å². The van der Waals surface area contributed by atoms with E-state index in [0.717, 1.165) is 21.5 Å². The van der Waals surface area contributed by atoms with Gasteiger partial charge in [0.15, 0.2) is 0 Å². The Balaban J connectivity index is 1.96. The average molecular weight is 294 g/mol. The molecule has 0 aliphatic carbocycles. The molecule has 0 atom stereocenters. The van der Waals surface area contributed by atoms with E-state index in [0.29, 0.717) is 0 Å². The van der Waals surface area contributed by atoms with Crippen LogP contribution in [0.3, 0.4) is 0 Å². The highest BCUT2D eigenvalue weighted by Gasteiger charge is 2.13. The van der Waals surface area contributed by atoms with Crippen LogP contribution in [0.5, 0.6) is 0 Å². The van der Waals surface area contributed by atoms with Crippen LogP contribution in [-0.2, 0) is 0 Å². The maximum atomic E-state index is 11.1. The van der Waals surface area contributed by atoms with Crippen molar-refractivity contribution in [1.82, 2.24) is 10.2 Å². The van der Waals surface area contributed by atoms with Gasteiger partial charge in [0.1, 0.15) is 5.69 Å². The highest BCUT2D eigenvalue weighted by molar-refractivity contribution is 7.22. The Bertz CT molecular complexity index is 951. The molecule has 2 N–H and O–H groups in total. The summed E-state index contributed by atoms with van der Waals surface area (Å²) >= 11 is 1.65. The fourth-order valence-corrected chi connectivity index (χ4v) is 3.50. The van der Waals surface area contributed by atoms with Crippen LogP contribution in [0.1, 0.15) is 10.4 Å². The van der Waals surface area contributed by atoms with Gasteiger partial charge in [-0.2, -0.15) is 5.10 Å². The summed E-state index contributed by atoms with van der Waals surface area (Å²) in [6.45, 7) is 0. The number of aromatic amines is 1. The Labute approximate surface area is 123 Å². The third-order valence-corrected chi connectivity index (χ3v) is 4.59. The monoisotopic (exact) mass is 294 g/mol. The number of benzene rings is 2. The molecule has 0 saturated heterocycles. The van der Waals surface area contributed by atoms with Crippen molar-refractivity contribution >= 4 is 38.3 Å². The third-order valence-electron chi connectivity index (χ3n) is 3.47. The van der Waals surface area contributed by atoms with E-state index >= 15 is 0 Å². The first-order valence-corrected chi connectivity index (χ1v) is 7.24. The zero-order valence-corrected chi connectivity index (χ0v) is 11.6. The van der Waals surface area contributed by atoms with E-state index in [4.69, 9.17) is 5.11 Å². The van der Waals surface area contributed by atoms with Gasteiger partial charge in [-0.3, -0.25) is 5.10 Å². The van der Waals surface area contributed by atoms with Gasteiger partial charge in [-0.05, 0) is 35.7 Å². The van der Waals surface area contributed by atoms with Crippen LogP contribution >= 0.6 is 11.3 Å². The summed E-state index contributed by atoms with van der Waals surface area (Å²) in [6.07, 6.45) is 0. The van der Waals surface area contributed by atoms with Crippen molar-refractivity contribution in [3.8, 4) is 10.6 Å². The van der Waals surface area contributed by atoms with Crippen molar-refractivity contribution in [2.45, 2.75) is 0 Å². The molecule has 5 heteroatoms. The highest BCUT2D eigenvalue weighted by Crippen LogP contribution is 2.35. The molecule has 0 bridgehead atoms. The number of carboxylic acid groups (broad SMARTS) is 1. The fourth-order valence-electron chi connectivity index (χ4n) is 2.43. The summed E-state index contributed by atoms with van der Waals surface area (Å²) < 4.78 is 1.19. The molecule has 0 unspecified atom stereocenters. The second-order valence-electron chi connectivity index (χ2n) is 4.79. The van der Waals surface area contributed by atoms with Gasteiger partial charge >= 0.3 is 5.97 Å². The molecule has 2 heterocycles. The Kier molecular flexibility index (Phi) is 2.55. The molecule has 0 saturated carbocycles. The van der Waals surface area contributed by atoms with Crippen molar-refractivity contribution in [1.29, 1.82) is 0 Å². The first kappa shape index (κ1) is 12.1. The Morgan fingerprint density at radius 3 is 2.81 bits per heavy atom. The standard InChI is InChI=1S/C16H10N2O2S/c19-16(20)10-5-6-12-11(7-10)15(18-17-12)14-8-9-3-1-2-4-13(9)21-14/h1-8H,(H,17,18)(H,19,20). The number of fused-ring (bicyclic) bond motifs is 2. The van der Waals surface area contributed by atoms with E-state index < -0.39 is 5.97 Å². The number of aromatic nitrogens is 2. The third kappa shape index (κ3) is 1.90. The Morgan fingerprint density at radius 1 is 1.14 bits per heavy atom. The zero-order valence-electron chi connectivity index (χ0n) is 10.8. The van der Waals surface area contributed by atoms with Crippen molar-refractivity contribution in [3.63, 3.8) is 0 Å². The van der Waals surface area contributed by atoms with Crippen LogP contribution in [0.25, 0.3) is 31.6 Å². The van der Waals surface area contributed by atoms with E-state index in [1.807, 2.05) is 12.1 Å². The van der Waals surface area contributed by atoms with E-state index in [1.165, 1.54) is 10.1 Å². The molecule has 0 aliphatic heterocycles. The van der Waals surface area contributed by atoms with Gasteiger partial charge in [0.25, 0.3) is 0 Å². The molecule has 2 aromatic carbocycles. The zero-order chi connectivity index (χ0) is 14.4. The van der Waals surface area contributed by atoms with Crippen LogP contribution in [-0.4, -0.2) is 21.3 Å². The van der Waals surface area contributed by atoms with Gasteiger partial charge < -0.3 is 5.11 Å². The molecule has 2 aromatic heterocycles. The quantitative estimate of drug-likeness (QED) is 0.584. The molecule has 0 fully saturated rings. The summed E-state index contributed by atoms with van der Waals surface area (Å²) in [5.74, 6) is -0.930. The van der Waals surface area contributed by atoms with Gasteiger partial charge in [0, 0.05) is 10.1 Å². The number of H-pyrrole nitrogens is 1. The SMILES string of the molecule is O=C(O)c1ccc2[nH]nc(-c3cc4ccccc4s3)c2c1. The van der Waals surface area contributed by atoms with Gasteiger partial charge in [-0.25, -0.2) is 4.79 Å². The number of carbonyl (C=O) groups is 1. The lowest BCUT2D eigenvalue weighted by atomic mass is 10.1. The van der Waals surface area contributed by atoms with Crippen LogP contribution < -0.4 is 0 Å². The summed E-state index contributed by atoms with van der Waals surface area (Å²) in [4.78, 5) is 12.2. The molecule has 0 amide bonds. The van der Waals surface area contributed by atoms with Crippen molar-refractivity contribution in [2.24, 2.45) is 0 Å². The molecule has 4 rings (SSSR count). The molecule has 0 radical (unpaired) electrons. The lowest BCUT2D eigenvalue weighted by Crippen LogP contribution is -1.94. The first-order valence-electron chi connectivity index (χ1n) is 6.43. The number of rotatable bonds is 2. The number of aromatic carboxylic acids is 1. The smallest absolute Gasteiger partial charge is 0.335 e. The van der Waals surface area contributed by atoms with E-state index in [1.54, 1.807) is 29.5 Å². The van der Waals surface area contributed by atoms with Crippen molar-refractivity contribution in [2.75, 3.05) is 0 Å². The van der Waals surface area contributed by atoms with E-state index in [2.05, 4.69) is 28.4 Å². The molecule has 21 heavy (non-hydrogen) atoms. The molecule has 4 nitrogen and oxygen atoms in total. The summed E-state index contributed by atoms with van der Waals surface area (Å²) in [5, 5.41) is 18.4. The largest absolute Gasteiger partial charge is 0.478 e. The normalized spacial score (nSPS) is 11.2. The number of hydrogen-bond donors (Lipinski definition) is 2. The van der Waals surface area contributed by atoms with Crippen molar-refractivity contribution < 1.29 is 9.90 Å². The minimum absolute atomic E-state index is 0.270. The minimum atomic E-state index is -0.930. The Morgan fingerprint density at radius 2 is 2.00 bits per heavy atom. The summed E-state index contributed by atoms with van der Waals surface area (Å²) in [5.41, 5.74) is 1.91.